The molecule has 5 aromatic rings. The summed E-state index contributed by atoms with van der Waals surface area (Å²) < 4.78 is 4.51. The largest absolute Gasteiger partial charge is 0.333 e. The van der Waals surface area contributed by atoms with Gasteiger partial charge in [-0.15, -0.1) is 0 Å². The monoisotopic (exact) mass is 311 g/mol. The number of para-hydroxylation sites is 1. The van der Waals surface area contributed by atoms with E-state index in [0.717, 1.165) is 17.9 Å². The number of hydrogen-bond acceptors (Lipinski definition) is 1. The topological polar surface area (TPSA) is 22.2 Å². The fraction of sp³-hybridized carbons (Fsp3) is 0.0952. The number of pyridine rings is 1. The maximum atomic E-state index is 4.78. The molecule has 0 atom stereocenters. The van der Waals surface area contributed by atoms with E-state index in [4.69, 9.17) is 4.98 Å². The summed E-state index contributed by atoms with van der Waals surface area (Å²) in [6.45, 7) is 2.89. The van der Waals surface area contributed by atoms with Crippen LogP contribution in [0, 0.1) is 6.92 Å². The van der Waals surface area contributed by atoms with Crippen molar-refractivity contribution in [2.24, 2.45) is 0 Å². The molecule has 116 valence electrons. The van der Waals surface area contributed by atoms with Crippen molar-refractivity contribution >= 4 is 27.5 Å². The number of aryl methyl sites for hydroxylation is 1. The molecule has 0 N–H and O–H groups in total. The van der Waals surface area contributed by atoms with Gasteiger partial charge in [0, 0.05) is 35.2 Å². The molecular formula is C21H17N3. The number of hydrogen-bond donors (Lipinski definition) is 0. The standard InChI is InChI=1S/C21H17N3/c1-15-13-23-12-11-18-17-9-5-6-10-19(17)24(20(18)21(23)22-15)14-16-7-3-2-4-8-16/h2-13H,14H2,1H3. The Morgan fingerprint density at radius 3 is 2.54 bits per heavy atom. The number of benzene rings is 2. The van der Waals surface area contributed by atoms with Crippen LogP contribution in [0.15, 0.2) is 73.1 Å². The molecule has 0 fully saturated rings. The molecule has 3 heterocycles. The Morgan fingerprint density at radius 1 is 0.875 bits per heavy atom. The van der Waals surface area contributed by atoms with Crippen LogP contribution in [-0.4, -0.2) is 14.0 Å². The van der Waals surface area contributed by atoms with Crippen molar-refractivity contribution in [3.05, 3.63) is 84.3 Å². The molecule has 0 radical (unpaired) electrons. The Morgan fingerprint density at radius 2 is 1.67 bits per heavy atom. The number of aromatic nitrogens is 3. The number of fused-ring (bicyclic) bond motifs is 5. The summed E-state index contributed by atoms with van der Waals surface area (Å²) in [5.41, 5.74) is 5.82. The molecule has 0 saturated heterocycles. The van der Waals surface area contributed by atoms with Crippen LogP contribution in [0.1, 0.15) is 11.3 Å². The van der Waals surface area contributed by atoms with Crippen molar-refractivity contribution in [3.63, 3.8) is 0 Å². The van der Waals surface area contributed by atoms with Crippen LogP contribution in [0.3, 0.4) is 0 Å². The van der Waals surface area contributed by atoms with Crippen LogP contribution in [-0.2, 0) is 6.54 Å². The molecule has 0 aliphatic carbocycles. The van der Waals surface area contributed by atoms with Crippen LogP contribution in [0.2, 0.25) is 0 Å². The van der Waals surface area contributed by atoms with Crippen molar-refractivity contribution in [2.45, 2.75) is 13.5 Å². The van der Waals surface area contributed by atoms with Gasteiger partial charge in [-0.3, -0.25) is 0 Å². The van der Waals surface area contributed by atoms with E-state index < -0.39 is 0 Å². The normalized spacial score (nSPS) is 11.7. The van der Waals surface area contributed by atoms with E-state index in [2.05, 4.69) is 82.0 Å². The highest BCUT2D eigenvalue weighted by Crippen LogP contribution is 2.32. The third-order valence-corrected chi connectivity index (χ3v) is 4.66. The summed E-state index contributed by atoms with van der Waals surface area (Å²) in [5.74, 6) is 0. The van der Waals surface area contributed by atoms with Crippen molar-refractivity contribution in [2.75, 3.05) is 0 Å². The quantitative estimate of drug-likeness (QED) is 0.459. The third-order valence-electron chi connectivity index (χ3n) is 4.66. The second-order valence-corrected chi connectivity index (χ2v) is 6.28. The molecule has 3 aromatic heterocycles. The first-order valence-corrected chi connectivity index (χ1v) is 8.20. The van der Waals surface area contributed by atoms with Gasteiger partial charge in [-0.2, -0.15) is 0 Å². The zero-order valence-electron chi connectivity index (χ0n) is 13.5. The minimum absolute atomic E-state index is 0.844. The molecule has 0 bridgehead atoms. The molecule has 0 spiro atoms. The van der Waals surface area contributed by atoms with E-state index in [-0.39, 0.29) is 0 Å². The Kier molecular flexibility index (Phi) is 2.77. The second kappa shape index (κ2) is 4.96. The fourth-order valence-corrected chi connectivity index (χ4v) is 3.63. The zero-order valence-corrected chi connectivity index (χ0v) is 13.5. The lowest BCUT2D eigenvalue weighted by molar-refractivity contribution is 0.868. The lowest BCUT2D eigenvalue weighted by atomic mass is 10.2. The molecule has 5 rings (SSSR count). The molecule has 0 amide bonds. The van der Waals surface area contributed by atoms with Crippen LogP contribution in [0.4, 0.5) is 0 Å². The molecule has 0 saturated carbocycles. The van der Waals surface area contributed by atoms with Gasteiger partial charge in [0.25, 0.3) is 0 Å². The van der Waals surface area contributed by atoms with E-state index >= 15 is 0 Å². The average Bonchev–Trinajstić information content (AvgIpc) is 3.14. The first kappa shape index (κ1) is 13.4. The highest BCUT2D eigenvalue weighted by molar-refractivity contribution is 6.12. The summed E-state index contributed by atoms with van der Waals surface area (Å²) >= 11 is 0. The van der Waals surface area contributed by atoms with Crippen LogP contribution < -0.4 is 0 Å². The number of rotatable bonds is 2. The lowest BCUT2D eigenvalue weighted by Crippen LogP contribution is -2.00. The smallest absolute Gasteiger partial charge is 0.161 e. The van der Waals surface area contributed by atoms with Crippen LogP contribution in [0.5, 0.6) is 0 Å². The summed E-state index contributed by atoms with van der Waals surface area (Å²) in [6.07, 6.45) is 4.19. The van der Waals surface area contributed by atoms with Gasteiger partial charge >= 0.3 is 0 Å². The fourth-order valence-electron chi connectivity index (χ4n) is 3.63. The SMILES string of the molecule is Cc1cn2ccc3c4ccccc4n(Cc4ccccc4)c3c2n1. The predicted octanol–water partition coefficient (Wildman–Crippen LogP) is 4.80. The van der Waals surface area contributed by atoms with Gasteiger partial charge in [-0.1, -0.05) is 48.5 Å². The third kappa shape index (κ3) is 1.88. The van der Waals surface area contributed by atoms with Crippen molar-refractivity contribution in [1.29, 1.82) is 0 Å². The molecule has 24 heavy (non-hydrogen) atoms. The van der Waals surface area contributed by atoms with E-state index in [9.17, 15) is 0 Å². The van der Waals surface area contributed by atoms with E-state index in [1.165, 1.54) is 27.4 Å². The molecule has 3 nitrogen and oxygen atoms in total. The summed E-state index contributed by atoms with van der Waals surface area (Å²) in [5, 5.41) is 2.55. The average molecular weight is 311 g/mol. The summed E-state index contributed by atoms with van der Waals surface area (Å²) in [7, 11) is 0. The van der Waals surface area contributed by atoms with Gasteiger partial charge in [0.2, 0.25) is 0 Å². The minimum atomic E-state index is 0.844. The molecular weight excluding hydrogens is 294 g/mol. The number of nitrogens with zero attached hydrogens (tertiary/aromatic N) is 3. The number of imidazole rings is 1. The predicted molar refractivity (Wildman–Crippen MR) is 98.5 cm³/mol. The van der Waals surface area contributed by atoms with Crippen molar-refractivity contribution in [3.8, 4) is 0 Å². The maximum absolute atomic E-state index is 4.78. The van der Waals surface area contributed by atoms with Gasteiger partial charge in [-0.25, -0.2) is 4.98 Å². The molecule has 0 aliphatic heterocycles. The summed E-state index contributed by atoms with van der Waals surface area (Å²) in [6, 6.07) is 21.4. The van der Waals surface area contributed by atoms with E-state index in [0.29, 0.717) is 0 Å². The van der Waals surface area contributed by atoms with Crippen LogP contribution >= 0.6 is 0 Å². The second-order valence-electron chi connectivity index (χ2n) is 6.28. The van der Waals surface area contributed by atoms with Crippen molar-refractivity contribution < 1.29 is 0 Å². The minimum Gasteiger partial charge on any atom is -0.333 e. The van der Waals surface area contributed by atoms with E-state index in [1.807, 2.05) is 6.92 Å². The Labute approximate surface area is 139 Å². The maximum Gasteiger partial charge on any atom is 0.161 e. The van der Waals surface area contributed by atoms with Gasteiger partial charge in [-0.05, 0) is 24.6 Å². The molecule has 0 aliphatic rings. The molecule has 3 heteroatoms. The first-order chi connectivity index (χ1) is 11.8. The van der Waals surface area contributed by atoms with Gasteiger partial charge in [0.15, 0.2) is 5.65 Å². The zero-order chi connectivity index (χ0) is 16.1. The van der Waals surface area contributed by atoms with E-state index in [1.54, 1.807) is 0 Å². The van der Waals surface area contributed by atoms with Crippen molar-refractivity contribution in [1.82, 2.24) is 14.0 Å². The summed E-state index contributed by atoms with van der Waals surface area (Å²) in [4.78, 5) is 4.78. The van der Waals surface area contributed by atoms with Crippen LogP contribution in [0.25, 0.3) is 27.5 Å². The molecule has 0 unspecified atom stereocenters. The lowest BCUT2D eigenvalue weighted by Gasteiger charge is -2.08. The highest BCUT2D eigenvalue weighted by atomic mass is 15.1. The first-order valence-electron chi connectivity index (χ1n) is 8.20. The Balaban J connectivity index is 1.92. The van der Waals surface area contributed by atoms with Gasteiger partial charge < -0.3 is 8.97 Å². The Hall–Kier alpha value is -3.07. The van der Waals surface area contributed by atoms with Gasteiger partial charge in [0.1, 0.15) is 0 Å². The van der Waals surface area contributed by atoms with Gasteiger partial charge in [0.05, 0.1) is 11.2 Å². The molecule has 2 aromatic carbocycles. The Bertz CT molecular complexity index is 1180. The highest BCUT2D eigenvalue weighted by Gasteiger charge is 2.15.